The van der Waals surface area contributed by atoms with Gasteiger partial charge in [-0.05, 0) is 48.2 Å². The molecule has 0 aliphatic heterocycles. The minimum atomic E-state index is -0.511. The monoisotopic (exact) mass is 493 g/mol. The molecule has 4 aromatic rings. The van der Waals surface area contributed by atoms with Crippen LogP contribution in [0.5, 0.6) is 0 Å². The maximum Gasteiger partial charge on any atom is 0.323 e. The molecule has 1 aromatic heterocycles. The van der Waals surface area contributed by atoms with E-state index in [1.165, 1.54) is 4.57 Å². The van der Waals surface area contributed by atoms with Gasteiger partial charge in [0, 0.05) is 39.3 Å². The molecule has 3 aromatic carbocycles. The molecule has 1 heterocycles. The number of pyridine rings is 1. The topological polar surface area (TPSA) is 63.1 Å². The quantitative estimate of drug-likeness (QED) is 0.307. The maximum atomic E-state index is 13.4. The molecule has 0 spiro atoms. The largest absolute Gasteiger partial charge is 0.323 e. The SMILES string of the molecule is Cc1cccc(C(C)C)c1NC(=O)Nc1c(-c2ccccc2Cl)c2cc(Cl)ccc2n(C)c1=O. The summed E-state index contributed by atoms with van der Waals surface area (Å²) in [4.78, 5) is 26.7. The van der Waals surface area contributed by atoms with Gasteiger partial charge in [0.05, 0.1) is 5.52 Å². The number of fused-ring (bicyclic) bond motifs is 1. The standard InChI is InChI=1S/C27H25Cl2N3O2/c1-15(2)18-10-7-8-16(3)24(18)30-27(34)31-25-23(19-9-5-6-11-21(19)29)20-14-17(28)12-13-22(20)32(4)26(25)33/h5-15H,1-4H3,(H2,30,31,34). The number of aryl methyl sites for hydroxylation is 2. The molecule has 5 nitrogen and oxygen atoms in total. The average Bonchev–Trinajstić information content (AvgIpc) is 2.79. The van der Waals surface area contributed by atoms with E-state index in [0.29, 0.717) is 32.1 Å². The second-order valence-corrected chi connectivity index (χ2v) is 9.37. The number of carbonyl (C=O) groups excluding carboxylic acids is 1. The normalized spacial score (nSPS) is 11.1. The molecule has 0 aliphatic rings. The molecule has 0 aliphatic carbocycles. The number of benzene rings is 3. The van der Waals surface area contributed by atoms with Crippen LogP contribution >= 0.6 is 23.2 Å². The van der Waals surface area contributed by atoms with Gasteiger partial charge < -0.3 is 15.2 Å². The van der Waals surface area contributed by atoms with Crippen molar-refractivity contribution < 1.29 is 4.79 Å². The van der Waals surface area contributed by atoms with Crippen LogP contribution in [0.4, 0.5) is 16.2 Å². The van der Waals surface area contributed by atoms with Gasteiger partial charge in [-0.1, -0.05) is 73.4 Å². The first-order valence-electron chi connectivity index (χ1n) is 10.9. The molecule has 0 bridgehead atoms. The fourth-order valence-electron chi connectivity index (χ4n) is 4.18. The number of amides is 2. The van der Waals surface area contributed by atoms with E-state index in [1.54, 1.807) is 31.3 Å². The van der Waals surface area contributed by atoms with Gasteiger partial charge >= 0.3 is 6.03 Å². The van der Waals surface area contributed by atoms with Crippen LogP contribution in [0.25, 0.3) is 22.0 Å². The third-order valence-electron chi connectivity index (χ3n) is 5.91. The number of para-hydroxylation sites is 1. The van der Waals surface area contributed by atoms with E-state index in [1.807, 2.05) is 43.3 Å². The summed E-state index contributed by atoms with van der Waals surface area (Å²) >= 11 is 12.9. The van der Waals surface area contributed by atoms with Gasteiger partial charge in [0.1, 0.15) is 5.69 Å². The van der Waals surface area contributed by atoms with Crippen molar-refractivity contribution in [1.82, 2.24) is 4.57 Å². The van der Waals surface area contributed by atoms with Crippen molar-refractivity contribution in [2.45, 2.75) is 26.7 Å². The Balaban J connectivity index is 1.89. The number of nitrogens with zero attached hydrogens (tertiary/aromatic N) is 1. The maximum absolute atomic E-state index is 13.4. The summed E-state index contributed by atoms with van der Waals surface area (Å²) in [5, 5.41) is 7.44. The van der Waals surface area contributed by atoms with Crippen LogP contribution in [0, 0.1) is 6.92 Å². The summed E-state index contributed by atoms with van der Waals surface area (Å²) < 4.78 is 1.49. The molecule has 0 saturated heterocycles. The van der Waals surface area contributed by atoms with Gasteiger partial charge in [-0.2, -0.15) is 0 Å². The number of anilines is 2. The van der Waals surface area contributed by atoms with Crippen molar-refractivity contribution in [3.63, 3.8) is 0 Å². The Kier molecular flexibility index (Phi) is 6.69. The molecule has 2 N–H and O–H groups in total. The molecular formula is C27H25Cl2N3O2. The Hall–Kier alpha value is -3.28. The molecule has 0 radical (unpaired) electrons. The Morgan fingerprint density at radius 2 is 1.65 bits per heavy atom. The predicted molar refractivity (Wildman–Crippen MR) is 143 cm³/mol. The summed E-state index contributed by atoms with van der Waals surface area (Å²) in [6.07, 6.45) is 0. The van der Waals surface area contributed by atoms with E-state index < -0.39 is 6.03 Å². The van der Waals surface area contributed by atoms with Crippen LogP contribution in [0.15, 0.2) is 65.5 Å². The lowest BCUT2D eigenvalue weighted by atomic mass is 9.98. The minimum Gasteiger partial charge on any atom is -0.310 e. The second kappa shape index (κ2) is 9.53. The smallest absolute Gasteiger partial charge is 0.310 e. The number of urea groups is 1. The third kappa shape index (κ3) is 4.41. The molecule has 2 amide bonds. The summed E-state index contributed by atoms with van der Waals surface area (Å²) in [5.41, 5.74) is 4.28. The van der Waals surface area contributed by atoms with E-state index >= 15 is 0 Å². The van der Waals surface area contributed by atoms with Gasteiger partial charge in [0.25, 0.3) is 5.56 Å². The van der Waals surface area contributed by atoms with Crippen LogP contribution < -0.4 is 16.2 Å². The highest BCUT2D eigenvalue weighted by Gasteiger charge is 2.21. The van der Waals surface area contributed by atoms with Crippen molar-refractivity contribution in [3.05, 3.63) is 92.2 Å². The molecule has 7 heteroatoms. The molecule has 0 fully saturated rings. The molecule has 0 saturated carbocycles. The number of aromatic nitrogens is 1. The van der Waals surface area contributed by atoms with Crippen molar-refractivity contribution in [1.29, 1.82) is 0 Å². The van der Waals surface area contributed by atoms with Crippen molar-refractivity contribution >= 4 is 51.5 Å². The van der Waals surface area contributed by atoms with Gasteiger partial charge in [-0.15, -0.1) is 0 Å². The number of carbonyl (C=O) groups is 1. The van der Waals surface area contributed by atoms with Gasteiger partial charge in [0.2, 0.25) is 0 Å². The average molecular weight is 494 g/mol. The minimum absolute atomic E-state index is 0.127. The Morgan fingerprint density at radius 1 is 0.941 bits per heavy atom. The van der Waals surface area contributed by atoms with E-state index in [4.69, 9.17) is 23.2 Å². The van der Waals surface area contributed by atoms with Crippen molar-refractivity contribution in [3.8, 4) is 11.1 Å². The lowest BCUT2D eigenvalue weighted by Crippen LogP contribution is -2.29. The highest BCUT2D eigenvalue weighted by Crippen LogP contribution is 2.38. The van der Waals surface area contributed by atoms with Crippen LogP contribution in [0.3, 0.4) is 0 Å². The molecule has 0 unspecified atom stereocenters. The van der Waals surface area contributed by atoms with E-state index in [2.05, 4.69) is 24.5 Å². The zero-order valence-corrected chi connectivity index (χ0v) is 20.9. The van der Waals surface area contributed by atoms with Crippen LogP contribution in [0.2, 0.25) is 10.0 Å². The number of rotatable bonds is 4. The molecule has 34 heavy (non-hydrogen) atoms. The van der Waals surface area contributed by atoms with Crippen molar-refractivity contribution in [2.24, 2.45) is 7.05 Å². The van der Waals surface area contributed by atoms with E-state index in [9.17, 15) is 9.59 Å². The number of hydrogen-bond acceptors (Lipinski definition) is 2. The molecule has 4 rings (SSSR count). The lowest BCUT2D eigenvalue weighted by Gasteiger charge is -2.20. The van der Waals surface area contributed by atoms with E-state index in [0.717, 1.165) is 16.8 Å². The highest BCUT2D eigenvalue weighted by atomic mass is 35.5. The van der Waals surface area contributed by atoms with Gasteiger partial charge in [-0.3, -0.25) is 4.79 Å². The third-order valence-corrected chi connectivity index (χ3v) is 6.47. The van der Waals surface area contributed by atoms with Gasteiger partial charge in [-0.25, -0.2) is 4.79 Å². The fourth-order valence-corrected chi connectivity index (χ4v) is 4.58. The van der Waals surface area contributed by atoms with Crippen LogP contribution in [0.1, 0.15) is 30.9 Å². The fraction of sp³-hybridized carbons (Fsp3) is 0.185. The first-order valence-corrected chi connectivity index (χ1v) is 11.7. The van der Waals surface area contributed by atoms with Crippen LogP contribution in [-0.2, 0) is 7.05 Å². The Bertz CT molecular complexity index is 1480. The van der Waals surface area contributed by atoms with Crippen molar-refractivity contribution in [2.75, 3.05) is 10.6 Å². The zero-order valence-electron chi connectivity index (χ0n) is 19.4. The summed E-state index contributed by atoms with van der Waals surface area (Å²) in [7, 11) is 1.66. The zero-order chi connectivity index (χ0) is 24.6. The highest BCUT2D eigenvalue weighted by molar-refractivity contribution is 6.34. The number of nitrogens with one attached hydrogen (secondary N) is 2. The number of hydrogen-bond donors (Lipinski definition) is 2. The Morgan fingerprint density at radius 3 is 2.35 bits per heavy atom. The van der Waals surface area contributed by atoms with Crippen LogP contribution in [-0.4, -0.2) is 10.6 Å². The molecular weight excluding hydrogens is 469 g/mol. The molecule has 0 atom stereocenters. The summed E-state index contributed by atoms with van der Waals surface area (Å²) in [6, 6.07) is 17.9. The van der Waals surface area contributed by atoms with E-state index in [-0.39, 0.29) is 17.2 Å². The Labute approximate surface area is 208 Å². The summed E-state index contributed by atoms with van der Waals surface area (Å²) in [6.45, 7) is 6.07. The lowest BCUT2D eigenvalue weighted by molar-refractivity contribution is 0.262. The second-order valence-electron chi connectivity index (χ2n) is 8.53. The first-order chi connectivity index (χ1) is 16.2. The number of halogens is 2. The first kappa shape index (κ1) is 23.9. The molecule has 174 valence electrons. The predicted octanol–water partition coefficient (Wildman–Crippen LogP) is 7.59. The summed E-state index contributed by atoms with van der Waals surface area (Å²) in [5.74, 6) is 0.213. The van der Waals surface area contributed by atoms with Gasteiger partial charge in [0.15, 0.2) is 0 Å².